The second-order valence-electron chi connectivity index (χ2n) is 4.43. The summed E-state index contributed by atoms with van der Waals surface area (Å²) >= 11 is 8.23. The van der Waals surface area contributed by atoms with Crippen LogP contribution in [-0.4, -0.2) is 5.11 Å². The lowest BCUT2D eigenvalue weighted by Crippen LogP contribution is -2.04. The summed E-state index contributed by atoms with van der Waals surface area (Å²) in [6.45, 7) is 4.04. The van der Waals surface area contributed by atoms with Crippen molar-refractivity contribution in [2.45, 2.75) is 20.0 Å². The van der Waals surface area contributed by atoms with Gasteiger partial charge in [-0.05, 0) is 71.3 Å². The average molecular weight is 373 g/mol. The maximum Gasteiger partial charge on any atom is 0.105 e. The van der Waals surface area contributed by atoms with Crippen molar-refractivity contribution < 1.29 is 5.11 Å². The predicted molar refractivity (Wildman–Crippen MR) is 84.1 cm³/mol. The standard InChI is InChI=1S/C15H14ClIO/c1-9-3-4-10(2)12(7-9)15(18)13-8-11(16)5-6-14(13)17/h3-8,15,18H,1-2H3. The Morgan fingerprint density at radius 1 is 1.06 bits per heavy atom. The quantitative estimate of drug-likeness (QED) is 0.761. The Morgan fingerprint density at radius 2 is 1.78 bits per heavy atom. The number of aryl methyl sites for hydroxylation is 2. The van der Waals surface area contributed by atoms with Crippen LogP contribution in [0.1, 0.15) is 28.4 Å². The first-order valence-corrected chi connectivity index (χ1v) is 7.15. The fourth-order valence-corrected chi connectivity index (χ4v) is 2.76. The molecular formula is C15H14ClIO. The van der Waals surface area contributed by atoms with Gasteiger partial charge in [0, 0.05) is 8.59 Å². The number of hydrogen-bond acceptors (Lipinski definition) is 1. The largest absolute Gasteiger partial charge is 0.384 e. The molecule has 0 aromatic heterocycles. The fourth-order valence-electron chi connectivity index (χ4n) is 1.95. The molecule has 0 aliphatic rings. The van der Waals surface area contributed by atoms with E-state index in [1.165, 1.54) is 0 Å². The zero-order valence-electron chi connectivity index (χ0n) is 10.2. The molecular weight excluding hydrogens is 359 g/mol. The molecule has 3 heteroatoms. The summed E-state index contributed by atoms with van der Waals surface area (Å²) < 4.78 is 1.02. The minimum absolute atomic E-state index is 0.629. The number of rotatable bonds is 2. The molecule has 0 radical (unpaired) electrons. The highest BCUT2D eigenvalue weighted by molar-refractivity contribution is 14.1. The number of aliphatic hydroxyl groups is 1. The third-order valence-corrected chi connectivity index (χ3v) is 4.20. The molecule has 1 N–H and O–H groups in total. The van der Waals surface area contributed by atoms with E-state index in [2.05, 4.69) is 28.7 Å². The molecule has 0 amide bonds. The van der Waals surface area contributed by atoms with Gasteiger partial charge in [-0.1, -0.05) is 35.4 Å². The molecule has 0 aliphatic heterocycles. The van der Waals surface area contributed by atoms with Gasteiger partial charge in [-0.3, -0.25) is 0 Å². The Bertz CT molecular complexity index is 529. The van der Waals surface area contributed by atoms with Crippen LogP contribution >= 0.6 is 34.2 Å². The van der Waals surface area contributed by atoms with Crippen LogP contribution in [-0.2, 0) is 0 Å². The molecule has 0 spiro atoms. The first kappa shape index (κ1) is 13.8. The third-order valence-electron chi connectivity index (χ3n) is 2.98. The number of hydrogen-bond donors (Lipinski definition) is 1. The minimum Gasteiger partial charge on any atom is -0.384 e. The van der Waals surface area contributed by atoms with Crippen molar-refractivity contribution in [2.24, 2.45) is 0 Å². The van der Waals surface area contributed by atoms with Crippen molar-refractivity contribution >= 4 is 34.2 Å². The smallest absolute Gasteiger partial charge is 0.105 e. The van der Waals surface area contributed by atoms with Gasteiger partial charge in [0.15, 0.2) is 0 Å². The van der Waals surface area contributed by atoms with Crippen molar-refractivity contribution in [2.75, 3.05) is 0 Å². The molecule has 0 aliphatic carbocycles. The van der Waals surface area contributed by atoms with Crippen LogP contribution < -0.4 is 0 Å². The highest BCUT2D eigenvalue weighted by atomic mass is 127. The Balaban J connectivity index is 2.50. The molecule has 1 nitrogen and oxygen atoms in total. The van der Waals surface area contributed by atoms with Crippen molar-refractivity contribution in [1.29, 1.82) is 0 Å². The van der Waals surface area contributed by atoms with Crippen LogP contribution in [0.2, 0.25) is 5.02 Å². The van der Waals surface area contributed by atoms with Crippen LogP contribution in [0.3, 0.4) is 0 Å². The Morgan fingerprint density at radius 3 is 2.50 bits per heavy atom. The van der Waals surface area contributed by atoms with Crippen molar-refractivity contribution in [3.05, 3.63) is 67.2 Å². The molecule has 0 saturated heterocycles. The van der Waals surface area contributed by atoms with Crippen LogP contribution in [0, 0.1) is 17.4 Å². The van der Waals surface area contributed by atoms with Gasteiger partial charge in [-0.15, -0.1) is 0 Å². The highest BCUT2D eigenvalue weighted by Gasteiger charge is 2.16. The molecule has 2 aromatic rings. The lowest BCUT2D eigenvalue weighted by Gasteiger charge is -2.16. The molecule has 94 valence electrons. The molecule has 2 aromatic carbocycles. The van der Waals surface area contributed by atoms with Crippen molar-refractivity contribution in [3.63, 3.8) is 0 Å². The lowest BCUT2D eigenvalue weighted by molar-refractivity contribution is 0.218. The van der Waals surface area contributed by atoms with E-state index in [1.54, 1.807) is 0 Å². The summed E-state index contributed by atoms with van der Waals surface area (Å²) in [5.41, 5.74) is 4.03. The SMILES string of the molecule is Cc1ccc(C)c(C(O)c2cc(Cl)ccc2I)c1. The predicted octanol–water partition coefficient (Wildman–Crippen LogP) is 4.64. The van der Waals surface area contributed by atoms with Gasteiger partial charge in [0.2, 0.25) is 0 Å². The Labute approximate surface area is 126 Å². The van der Waals surface area contributed by atoms with Gasteiger partial charge in [-0.25, -0.2) is 0 Å². The van der Waals surface area contributed by atoms with E-state index in [-0.39, 0.29) is 0 Å². The second-order valence-corrected chi connectivity index (χ2v) is 6.03. The summed E-state index contributed by atoms with van der Waals surface area (Å²) in [6, 6.07) is 11.7. The highest BCUT2D eigenvalue weighted by Crippen LogP contribution is 2.30. The van der Waals surface area contributed by atoms with E-state index in [9.17, 15) is 5.11 Å². The Hall–Kier alpha value is -0.580. The van der Waals surface area contributed by atoms with Crippen molar-refractivity contribution in [1.82, 2.24) is 0 Å². The molecule has 0 heterocycles. The van der Waals surface area contributed by atoms with Gasteiger partial charge in [0.1, 0.15) is 6.10 Å². The molecule has 2 rings (SSSR count). The summed E-state index contributed by atoms with van der Waals surface area (Å²) in [5.74, 6) is 0. The number of halogens is 2. The van der Waals surface area contributed by atoms with E-state index in [4.69, 9.17) is 11.6 Å². The molecule has 0 bridgehead atoms. The first-order chi connectivity index (χ1) is 8.49. The van der Waals surface area contributed by atoms with Crippen LogP contribution in [0.25, 0.3) is 0 Å². The number of benzene rings is 2. The van der Waals surface area contributed by atoms with E-state index in [0.717, 1.165) is 25.8 Å². The maximum atomic E-state index is 10.5. The first-order valence-electron chi connectivity index (χ1n) is 5.69. The van der Waals surface area contributed by atoms with Gasteiger partial charge in [-0.2, -0.15) is 0 Å². The summed E-state index contributed by atoms with van der Waals surface area (Å²) in [7, 11) is 0. The molecule has 1 atom stereocenters. The van der Waals surface area contributed by atoms with E-state index in [0.29, 0.717) is 5.02 Å². The lowest BCUT2D eigenvalue weighted by atomic mass is 9.96. The van der Waals surface area contributed by atoms with Crippen molar-refractivity contribution in [3.8, 4) is 0 Å². The molecule has 1 unspecified atom stereocenters. The summed E-state index contributed by atoms with van der Waals surface area (Å²) in [6.07, 6.45) is -0.629. The zero-order chi connectivity index (χ0) is 13.3. The van der Waals surface area contributed by atoms with E-state index < -0.39 is 6.10 Å². The van der Waals surface area contributed by atoms with Gasteiger partial charge in [0.05, 0.1) is 0 Å². The van der Waals surface area contributed by atoms with E-state index in [1.807, 2.05) is 44.2 Å². The van der Waals surface area contributed by atoms with Crippen LogP contribution in [0.4, 0.5) is 0 Å². The number of aliphatic hydroxyl groups excluding tert-OH is 1. The zero-order valence-corrected chi connectivity index (χ0v) is 13.2. The monoisotopic (exact) mass is 372 g/mol. The molecule has 0 saturated carbocycles. The van der Waals surface area contributed by atoms with Gasteiger partial charge < -0.3 is 5.11 Å². The second kappa shape index (κ2) is 5.59. The maximum absolute atomic E-state index is 10.5. The van der Waals surface area contributed by atoms with Crippen LogP contribution in [0.15, 0.2) is 36.4 Å². The van der Waals surface area contributed by atoms with Gasteiger partial charge >= 0.3 is 0 Å². The normalized spacial score (nSPS) is 12.5. The molecule has 0 fully saturated rings. The van der Waals surface area contributed by atoms with Crippen LogP contribution in [0.5, 0.6) is 0 Å². The average Bonchev–Trinajstić information content (AvgIpc) is 2.34. The minimum atomic E-state index is -0.629. The third kappa shape index (κ3) is 2.87. The summed E-state index contributed by atoms with van der Waals surface area (Å²) in [4.78, 5) is 0. The fraction of sp³-hybridized carbons (Fsp3) is 0.200. The van der Waals surface area contributed by atoms with Gasteiger partial charge in [0.25, 0.3) is 0 Å². The topological polar surface area (TPSA) is 20.2 Å². The van der Waals surface area contributed by atoms with E-state index >= 15 is 0 Å². The Kier molecular flexibility index (Phi) is 4.30. The summed E-state index contributed by atoms with van der Waals surface area (Å²) in [5, 5.41) is 11.2. The molecule has 18 heavy (non-hydrogen) atoms.